The number of nitrogens with one attached hydrogen (secondary N) is 1. The molecule has 1 aliphatic rings. The van der Waals surface area contributed by atoms with E-state index in [0.29, 0.717) is 0 Å². The molecule has 134 valence electrons. The predicted molar refractivity (Wildman–Crippen MR) is 106 cm³/mol. The number of benzene rings is 1. The molecule has 4 aromatic rings. The number of aromatic amines is 1. The maximum atomic E-state index is 5.99. The summed E-state index contributed by atoms with van der Waals surface area (Å²) >= 11 is 5.99. The Morgan fingerprint density at radius 3 is 2.89 bits per heavy atom. The topological polar surface area (TPSA) is 57.7 Å². The van der Waals surface area contributed by atoms with E-state index in [9.17, 15) is 0 Å². The summed E-state index contributed by atoms with van der Waals surface area (Å²) in [4.78, 5) is 19.4. The Morgan fingerprint density at radius 1 is 1.11 bits per heavy atom. The summed E-state index contributed by atoms with van der Waals surface area (Å²) in [6, 6.07) is 11.8. The normalized spacial score (nSPS) is 14.4. The van der Waals surface area contributed by atoms with Gasteiger partial charge in [-0.3, -0.25) is 4.90 Å². The van der Waals surface area contributed by atoms with Gasteiger partial charge < -0.3 is 4.98 Å². The van der Waals surface area contributed by atoms with Crippen molar-refractivity contribution in [3.05, 3.63) is 76.8 Å². The monoisotopic (exact) mass is 375 g/mol. The molecular weight excluding hydrogens is 358 g/mol. The zero-order chi connectivity index (χ0) is 18.2. The first-order valence-corrected chi connectivity index (χ1v) is 9.38. The van der Waals surface area contributed by atoms with Gasteiger partial charge in [-0.05, 0) is 53.9 Å². The highest BCUT2D eigenvalue weighted by molar-refractivity contribution is 6.30. The fourth-order valence-electron chi connectivity index (χ4n) is 3.61. The molecule has 5 rings (SSSR count). The second kappa shape index (κ2) is 6.76. The van der Waals surface area contributed by atoms with Gasteiger partial charge in [0.15, 0.2) is 5.82 Å². The Hall–Kier alpha value is -2.76. The number of aromatic nitrogens is 4. The Kier molecular flexibility index (Phi) is 4.11. The van der Waals surface area contributed by atoms with Gasteiger partial charge in [-0.1, -0.05) is 11.6 Å². The minimum absolute atomic E-state index is 0.719. The van der Waals surface area contributed by atoms with E-state index in [1.165, 1.54) is 16.5 Å². The van der Waals surface area contributed by atoms with E-state index >= 15 is 0 Å². The standard InChI is InChI=1S/C21H18ClN5/c22-17-5-3-14(4-6-17)20-24-10-15-7-9-27(13-19(15)26-20)12-16-11-25-21-18(16)2-1-8-23-21/h1-6,8,10-11H,7,9,12-13H2,(H,23,25). The third-order valence-electron chi connectivity index (χ3n) is 5.06. The predicted octanol–water partition coefficient (Wildman–Crippen LogP) is 4.23. The fourth-order valence-corrected chi connectivity index (χ4v) is 3.74. The van der Waals surface area contributed by atoms with Crippen molar-refractivity contribution in [1.29, 1.82) is 0 Å². The van der Waals surface area contributed by atoms with Crippen molar-refractivity contribution in [2.45, 2.75) is 19.5 Å². The average Bonchev–Trinajstić information content (AvgIpc) is 3.11. The van der Waals surface area contributed by atoms with Gasteiger partial charge in [-0.25, -0.2) is 15.0 Å². The Morgan fingerprint density at radius 2 is 2.00 bits per heavy atom. The molecule has 1 N–H and O–H groups in total. The molecule has 0 spiro atoms. The van der Waals surface area contributed by atoms with E-state index in [1.54, 1.807) is 0 Å². The van der Waals surface area contributed by atoms with Crippen LogP contribution in [-0.4, -0.2) is 31.4 Å². The zero-order valence-corrected chi connectivity index (χ0v) is 15.4. The van der Waals surface area contributed by atoms with Gasteiger partial charge in [0.05, 0.1) is 5.69 Å². The molecule has 0 saturated carbocycles. The number of nitrogens with zero attached hydrogens (tertiary/aromatic N) is 4. The molecule has 0 amide bonds. The number of pyridine rings is 1. The summed E-state index contributed by atoms with van der Waals surface area (Å²) in [6.07, 6.45) is 6.82. The number of rotatable bonds is 3. The van der Waals surface area contributed by atoms with Crippen molar-refractivity contribution < 1.29 is 0 Å². The van der Waals surface area contributed by atoms with E-state index in [1.807, 2.05) is 42.7 Å². The summed E-state index contributed by atoms with van der Waals surface area (Å²) in [6.45, 7) is 2.71. The van der Waals surface area contributed by atoms with Crippen LogP contribution in [0.25, 0.3) is 22.4 Å². The highest BCUT2D eigenvalue weighted by Crippen LogP contribution is 2.24. The van der Waals surface area contributed by atoms with Crippen molar-refractivity contribution in [1.82, 2.24) is 24.8 Å². The molecule has 0 atom stereocenters. The van der Waals surface area contributed by atoms with Gasteiger partial charge in [-0.2, -0.15) is 0 Å². The minimum atomic E-state index is 0.719. The zero-order valence-electron chi connectivity index (χ0n) is 14.7. The van der Waals surface area contributed by atoms with Crippen molar-refractivity contribution in [2.24, 2.45) is 0 Å². The third kappa shape index (κ3) is 3.20. The Labute approximate surface area is 162 Å². The first-order valence-electron chi connectivity index (χ1n) is 9.00. The van der Waals surface area contributed by atoms with Crippen LogP contribution >= 0.6 is 11.6 Å². The fraction of sp³-hybridized carbons (Fsp3) is 0.190. The second-order valence-corrected chi connectivity index (χ2v) is 7.28. The highest BCUT2D eigenvalue weighted by Gasteiger charge is 2.20. The number of hydrogen-bond acceptors (Lipinski definition) is 4. The number of halogens is 1. The lowest BCUT2D eigenvalue weighted by Gasteiger charge is -2.27. The first-order chi connectivity index (χ1) is 13.3. The third-order valence-corrected chi connectivity index (χ3v) is 5.31. The van der Waals surface area contributed by atoms with Crippen molar-refractivity contribution >= 4 is 22.6 Å². The van der Waals surface area contributed by atoms with Crippen LogP contribution in [0.2, 0.25) is 5.02 Å². The van der Waals surface area contributed by atoms with Crippen LogP contribution in [-0.2, 0) is 19.5 Å². The molecule has 1 aromatic carbocycles. The lowest BCUT2D eigenvalue weighted by molar-refractivity contribution is 0.242. The van der Waals surface area contributed by atoms with Gasteiger partial charge in [0, 0.05) is 54.2 Å². The Balaban J connectivity index is 1.40. The lowest BCUT2D eigenvalue weighted by Crippen LogP contribution is -2.31. The quantitative estimate of drug-likeness (QED) is 0.582. The number of H-pyrrole nitrogens is 1. The van der Waals surface area contributed by atoms with Gasteiger partial charge in [-0.15, -0.1) is 0 Å². The maximum Gasteiger partial charge on any atom is 0.159 e. The van der Waals surface area contributed by atoms with Gasteiger partial charge in [0.2, 0.25) is 0 Å². The largest absolute Gasteiger partial charge is 0.346 e. The van der Waals surface area contributed by atoms with E-state index in [2.05, 4.69) is 32.1 Å². The summed E-state index contributed by atoms with van der Waals surface area (Å²) in [5, 5.41) is 1.91. The number of fused-ring (bicyclic) bond motifs is 2. The average molecular weight is 376 g/mol. The summed E-state index contributed by atoms with van der Waals surface area (Å²) < 4.78 is 0. The first kappa shape index (κ1) is 16.4. The van der Waals surface area contributed by atoms with Crippen molar-refractivity contribution in [3.8, 4) is 11.4 Å². The summed E-state index contributed by atoms with van der Waals surface area (Å²) in [7, 11) is 0. The molecule has 27 heavy (non-hydrogen) atoms. The Bertz CT molecular complexity index is 1100. The van der Waals surface area contributed by atoms with Crippen LogP contribution in [0.4, 0.5) is 0 Å². The van der Waals surface area contributed by atoms with Crippen LogP contribution in [0.1, 0.15) is 16.8 Å². The molecule has 3 aromatic heterocycles. The summed E-state index contributed by atoms with van der Waals surface area (Å²) in [5.74, 6) is 0.753. The molecule has 0 unspecified atom stereocenters. The molecule has 4 heterocycles. The smallest absolute Gasteiger partial charge is 0.159 e. The van der Waals surface area contributed by atoms with Gasteiger partial charge in [0.1, 0.15) is 5.65 Å². The van der Waals surface area contributed by atoms with E-state index in [-0.39, 0.29) is 0 Å². The van der Waals surface area contributed by atoms with Crippen LogP contribution < -0.4 is 0 Å². The van der Waals surface area contributed by atoms with Gasteiger partial charge >= 0.3 is 0 Å². The van der Waals surface area contributed by atoms with Gasteiger partial charge in [0.25, 0.3) is 0 Å². The summed E-state index contributed by atoms with van der Waals surface area (Å²) in [5.41, 5.74) is 5.55. The van der Waals surface area contributed by atoms with Crippen molar-refractivity contribution in [2.75, 3.05) is 6.54 Å². The van der Waals surface area contributed by atoms with Crippen LogP contribution in [0, 0.1) is 0 Å². The molecule has 0 bridgehead atoms. The van der Waals surface area contributed by atoms with E-state index in [0.717, 1.165) is 53.8 Å². The second-order valence-electron chi connectivity index (χ2n) is 6.85. The molecule has 1 aliphatic heterocycles. The number of hydrogen-bond donors (Lipinski definition) is 1. The molecule has 0 aliphatic carbocycles. The van der Waals surface area contributed by atoms with Crippen LogP contribution in [0.3, 0.4) is 0 Å². The molecule has 5 nitrogen and oxygen atoms in total. The molecule has 0 saturated heterocycles. The molecular formula is C21H18ClN5. The van der Waals surface area contributed by atoms with Crippen LogP contribution in [0.15, 0.2) is 55.0 Å². The van der Waals surface area contributed by atoms with E-state index in [4.69, 9.17) is 16.6 Å². The molecule has 6 heteroatoms. The lowest BCUT2D eigenvalue weighted by atomic mass is 10.1. The minimum Gasteiger partial charge on any atom is -0.346 e. The molecule has 0 radical (unpaired) electrons. The molecule has 0 fully saturated rings. The van der Waals surface area contributed by atoms with E-state index < -0.39 is 0 Å². The highest BCUT2D eigenvalue weighted by atomic mass is 35.5. The van der Waals surface area contributed by atoms with Crippen LogP contribution in [0.5, 0.6) is 0 Å². The van der Waals surface area contributed by atoms with Crippen molar-refractivity contribution in [3.63, 3.8) is 0 Å². The maximum absolute atomic E-state index is 5.99. The SMILES string of the molecule is Clc1ccc(-c2ncc3c(n2)CN(Cc2c[nH]c4ncccc24)CC3)cc1.